The van der Waals surface area contributed by atoms with Gasteiger partial charge in [-0.25, -0.2) is 12.4 Å². The van der Waals surface area contributed by atoms with Gasteiger partial charge in [0.25, 0.3) is 10.0 Å². The van der Waals surface area contributed by atoms with Gasteiger partial charge in [0.1, 0.15) is 4.90 Å². The lowest BCUT2D eigenvalue weighted by Gasteiger charge is -2.17. The first-order chi connectivity index (χ1) is 8.59. The van der Waals surface area contributed by atoms with Gasteiger partial charge in [0.15, 0.2) is 0 Å². The van der Waals surface area contributed by atoms with E-state index in [2.05, 4.69) is 5.32 Å². The molecule has 0 radical (unpaired) electrons. The molecular weight excluding hydrogens is 252 g/mol. The fraction of sp³-hybridized carbons (Fsp3) is 0.0833. The summed E-state index contributed by atoms with van der Waals surface area (Å²) >= 11 is 0. The van der Waals surface area contributed by atoms with Crippen molar-refractivity contribution in [2.24, 2.45) is 0 Å². The van der Waals surface area contributed by atoms with Crippen LogP contribution in [0.4, 0.5) is 5.69 Å². The van der Waals surface area contributed by atoms with Crippen molar-refractivity contribution in [3.05, 3.63) is 48.3 Å². The van der Waals surface area contributed by atoms with Crippen molar-refractivity contribution in [2.75, 3.05) is 5.32 Å². The molecule has 0 spiro atoms. The monoisotopic (exact) mass is 262 g/mol. The second-order valence-electron chi connectivity index (χ2n) is 4.02. The summed E-state index contributed by atoms with van der Waals surface area (Å²) in [6.45, 7) is 0. The number of benzene rings is 1. The topological polar surface area (TPSA) is 68.2 Å². The van der Waals surface area contributed by atoms with Gasteiger partial charge < -0.3 is 5.32 Å². The molecule has 0 atom stereocenters. The lowest BCUT2D eigenvalue weighted by atomic mass is 10.2. The molecule has 0 bridgehead atoms. The number of anilines is 1. The Morgan fingerprint density at radius 3 is 2.72 bits per heavy atom. The molecule has 92 valence electrons. The van der Waals surface area contributed by atoms with E-state index in [4.69, 9.17) is 0 Å². The maximum Gasteiger partial charge on any atom is 0.269 e. The molecule has 1 N–H and O–H groups in total. The van der Waals surface area contributed by atoms with Crippen LogP contribution in [0.25, 0.3) is 0 Å². The average molecular weight is 262 g/mol. The summed E-state index contributed by atoms with van der Waals surface area (Å²) < 4.78 is 26.1. The predicted molar refractivity (Wildman–Crippen MR) is 65.8 cm³/mol. The van der Waals surface area contributed by atoms with Crippen LogP contribution in [0, 0.1) is 0 Å². The zero-order valence-electron chi connectivity index (χ0n) is 9.33. The molecule has 1 aromatic carbocycles. The van der Waals surface area contributed by atoms with E-state index in [9.17, 15) is 13.2 Å². The number of carbonyl (C=O) groups is 1. The van der Waals surface area contributed by atoms with E-state index in [1.807, 2.05) is 0 Å². The van der Waals surface area contributed by atoms with Gasteiger partial charge in [-0.3, -0.25) is 4.79 Å². The lowest BCUT2D eigenvalue weighted by molar-refractivity contribution is -0.115. The van der Waals surface area contributed by atoms with Crippen molar-refractivity contribution in [1.82, 2.24) is 3.97 Å². The quantitative estimate of drug-likeness (QED) is 0.776. The first-order valence-corrected chi connectivity index (χ1v) is 6.84. The molecule has 1 aliphatic heterocycles. The highest BCUT2D eigenvalue weighted by atomic mass is 32.2. The van der Waals surface area contributed by atoms with Crippen molar-refractivity contribution in [1.29, 1.82) is 0 Å². The summed E-state index contributed by atoms with van der Waals surface area (Å²) in [5.41, 5.74) is 0.781. The third kappa shape index (κ3) is 1.53. The Morgan fingerprint density at radius 2 is 1.89 bits per heavy atom. The molecule has 1 amide bonds. The smallest absolute Gasteiger partial charge is 0.269 e. The zero-order chi connectivity index (χ0) is 12.8. The molecule has 2 aromatic rings. The maximum absolute atomic E-state index is 12.4. The van der Waals surface area contributed by atoms with Crippen LogP contribution in [0.3, 0.4) is 0 Å². The lowest BCUT2D eigenvalue weighted by Crippen LogP contribution is -2.25. The number of nitrogens with one attached hydrogen (secondary N) is 1. The summed E-state index contributed by atoms with van der Waals surface area (Å²) in [5.74, 6) is -0.225. The minimum atomic E-state index is -3.64. The Bertz CT molecular complexity index is 731. The molecule has 2 heterocycles. The maximum atomic E-state index is 12.4. The first-order valence-electron chi connectivity index (χ1n) is 5.40. The molecule has 18 heavy (non-hydrogen) atoms. The van der Waals surface area contributed by atoms with E-state index >= 15 is 0 Å². The van der Waals surface area contributed by atoms with E-state index in [-0.39, 0.29) is 17.2 Å². The van der Waals surface area contributed by atoms with Crippen LogP contribution in [-0.2, 0) is 21.2 Å². The minimum absolute atomic E-state index is 0.0422. The number of carbonyl (C=O) groups excluding carboxylic acids is 1. The fourth-order valence-corrected chi connectivity index (χ4v) is 3.56. The number of fused-ring (bicyclic) bond motifs is 2. The van der Waals surface area contributed by atoms with Gasteiger partial charge in [-0.1, -0.05) is 12.1 Å². The highest BCUT2D eigenvalue weighted by Gasteiger charge is 2.26. The van der Waals surface area contributed by atoms with Gasteiger partial charge in [-0.2, -0.15) is 0 Å². The van der Waals surface area contributed by atoms with Crippen molar-refractivity contribution < 1.29 is 13.2 Å². The van der Waals surface area contributed by atoms with Crippen LogP contribution in [-0.4, -0.2) is 18.3 Å². The van der Waals surface area contributed by atoms with E-state index in [1.165, 1.54) is 12.3 Å². The second kappa shape index (κ2) is 3.71. The minimum Gasteiger partial charge on any atom is -0.325 e. The van der Waals surface area contributed by atoms with Crippen molar-refractivity contribution in [3.63, 3.8) is 0 Å². The first kappa shape index (κ1) is 11.0. The van der Waals surface area contributed by atoms with Crippen molar-refractivity contribution in [2.45, 2.75) is 11.3 Å². The second-order valence-corrected chi connectivity index (χ2v) is 5.80. The normalized spacial score (nSPS) is 17.0. The molecule has 0 unspecified atom stereocenters. The molecule has 0 saturated carbocycles. The molecule has 0 saturated heterocycles. The molecule has 0 fully saturated rings. The number of nitrogens with zero attached hydrogens (tertiary/aromatic N) is 1. The Hall–Kier alpha value is -2.08. The Labute approximate surface area is 104 Å². The number of aromatic nitrogens is 1. The van der Waals surface area contributed by atoms with E-state index in [0.29, 0.717) is 11.4 Å². The summed E-state index contributed by atoms with van der Waals surface area (Å²) in [7, 11) is -3.64. The predicted octanol–water partition coefficient (Wildman–Crippen LogP) is 1.22. The number of para-hydroxylation sites is 1. The number of rotatable bonds is 0. The van der Waals surface area contributed by atoms with E-state index in [1.54, 1.807) is 30.3 Å². The van der Waals surface area contributed by atoms with Crippen LogP contribution in [0.15, 0.2) is 47.5 Å². The Morgan fingerprint density at radius 1 is 1.11 bits per heavy atom. The molecule has 1 aliphatic rings. The van der Waals surface area contributed by atoms with Crippen LogP contribution in [0.5, 0.6) is 0 Å². The largest absolute Gasteiger partial charge is 0.325 e. The highest BCUT2D eigenvalue weighted by Crippen LogP contribution is 2.26. The summed E-state index contributed by atoms with van der Waals surface area (Å²) in [6.07, 6.45) is 1.50. The van der Waals surface area contributed by atoms with E-state index < -0.39 is 10.0 Å². The molecule has 3 rings (SSSR count). The third-order valence-corrected chi connectivity index (χ3v) is 4.62. The van der Waals surface area contributed by atoms with Gasteiger partial charge in [0.2, 0.25) is 5.91 Å². The van der Waals surface area contributed by atoms with Crippen LogP contribution >= 0.6 is 0 Å². The SMILES string of the molecule is O=C1Cc2cccn2S(=O)(=O)c2ccccc2N1. The number of hydrogen-bond acceptors (Lipinski definition) is 3. The molecular formula is C12H10N2O3S. The van der Waals surface area contributed by atoms with Crippen LogP contribution < -0.4 is 5.32 Å². The molecule has 6 heteroatoms. The van der Waals surface area contributed by atoms with Gasteiger partial charge >= 0.3 is 0 Å². The van der Waals surface area contributed by atoms with Crippen molar-refractivity contribution >= 4 is 21.6 Å². The summed E-state index contributed by atoms with van der Waals surface area (Å²) in [4.78, 5) is 11.9. The fourth-order valence-electron chi connectivity index (χ4n) is 2.03. The number of amides is 1. The van der Waals surface area contributed by atoms with E-state index in [0.717, 1.165) is 3.97 Å². The molecule has 0 aliphatic carbocycles. The van der Waals surface area contributed by atoms with Gasteiger partial charge in [0.05, 0.1) is 12.1 Å². The van der Waals surface area contributed by atoms with Crippen LogP contribution in [0.2, 0.25) is 0 Å². The van der Waals surface area contributed by atoms with Gasteiger partial charge in [-0.05, 0) is 24.3 Å². The zero-order valence-corrected chi connectivity index (χ0v) is 10.1. The highest BCUT2D eigenvalue weighted by molar-refractivity contribution is 7.90. The van der Waals surface area contributed by atoms with Gasteiger partial charge in [-0.15, -0.1) is 0 Å². The summed E-state index contributed by atoms with van der Waals surface area (Å²) in [6, 6.07) is 9.64. The summed E-state index contributed by atoms with van der Waals surface area (Å²) in [5, 5.41) is 2.62. The molecule has 5 nitrogen and oxygen atoms in total. The van der Waals surface area contributed by atoms with Crippen LogP contribution in [0.1, 0.15) is 5.69 Å². The third-order valence-electron chi connectivity index (χ3n) is 2.83. The molecule has 1 aromatic heterocycles. The average Bonchev–Trinajstić information content (AvgIpc) is 2.76. The van der Waals surface area contributed by atoms with Gasteiger partial charge in [0, 0.05) is 11.9 Å². The van der Waals surface area contributed by atoms with Crippen molar-refractivity contribution in [3.8, 4) is 0 Å². The number of hydrogen-bond donors (Lipinski definition) is 1. The standard InChI is InChI=1S/C12H10N2O3S/c15-12-8-9-4-3-7-14(9)18(16,17)11-6-2-1-5-10(11)13-12/h1-7H,8H2,(H,13,15). The Balaban J connectivity index is 2.34. The Kier molecular flexibility index (Phi) is 2.27.